The number of hydrogen-bond donors (Lipinski definition) is 2. The van der Waals surface area contributed by atoms with Crippen molar-refractivity contribution in [1.29, 1.82) is 0 Å². The summed E-state index contributed by atoms with van der Waals surface area (Å²) in [4.78, 5) is 27.1. The van der Waals surface area contributed by atoms with Gasteiger partial charge in [-0.1, -0.05) is 6.07 Å². The standard InChI is InChI=1S/C14H13N3O2/c15-12-6-9(5-8-3-4-16-7-11(8)12)10-1-2-13(18)17-14(10)19/h3-7,10H,1-2,15H2,(H,17,18,19). The number of anilines is 1. The van der Waals surface area contributed by atoms with E-state index >= 15 is 0 Å². The number of imide groups is 1. The number of rotatable bonds is 1. The van der Waals surface area contributed by atoms with Crippen LogP contribution in [0.15, 0.2) is 30.6 Å². The maximum Gasteiger partial charge on any atom is 0.234 e. The Labute approximate surface area is 109 Å². The first-order valence-electron chi connectivity index (χ1n) is 6.12. The van der Waals surface area contributed by atoms with Gasteiger partial charge in [-0.05, 0) is 29.5 Å². The molecule has 0 bridgehead atoms. The Morgan fingerprint density at radius 3 is 2.95 bits per heavy atom. The number of nitrogens with two attached hydrogens (primary N) is 1. The average molecular weight is 255 g/mol. The number of nitrogens with zero attached hydrogens (tertiary/aromatic N) is 1. The Hall–Kier alpha value is -2.43. The molecule has 1 atom stereocenters. The number of amides is 2. The molecule has 0 spiro atoms. The Kier molecular flexibility index (Phi) is 2.67. The number of piperidine rings is 1. The lowest BCUT2D eigenvalue weighted by Gasteiger charge is -2.21. The zero-order valence-corrected chi connectivity index (χ0v) is 10.2. The highest BCUT2D eigenvalue weighted by molar-refractivity contribution is 6.02. The molecular formula is C14H13N3O2. The van der Waals surface area contributed by atoms with E-state index < -0.39 is 0 Å². The minimum Gasteiger partial charge on any atom is -0.398 e. The topological polar surface area (TPSA) is 85.1 Å². The van der Waals surface area contributed by atoms with Crippen molar-refractivity contribution >= 4 is 28.3 Å². The number of pyridine rings is 1. The number of aromatic nitrogens is 1. The molecule has 3 rings (SSSR count). The first-order valence-corrected chi connectivity index (χ1v) is 6.12. The lowest BCUT2D eigenvalue weighted by Crippen LogP contribution is -2.39. The highest BCUT2D eigenvalue weighted by Gasteiger charge is 2.28. The van der Waals surface area contributed by atoms with Crippen LogP contribution in [0, 0.1) is 0 Å². The molecule has 1 unspecified atom stereocenters. The first-order chi connectivity index (χ1) is 9.15. The minimum atomic E-state index is -0.308. The summed E-state index contributed by atoms with van der Waals surface area (Å²) >= 11 is 0. The minimum absolute atomic E-state index is 0.209. The summed E-state index contributed by atoms with van der Waals surface area (Å²) in [6.45, 7) is 0. The average Bonchev–Trinajstić information content (AvgIpc) is 2.38. The van der Waals surface area contributed by atoms with E-state index in [1.165, 1.54) is 0 Å². The molecular weight excluding hydrogens is 242 g/mol. The van der Waals surface area contributed by atoms with Gasteiger partial charge in [-0.2, -0.15) is 0 Å². The molecule has 1 aromatic heterocycles. The zero-order chi connectivity index (χ0) is 13.4. The van der Waals surface area contributed by atoms with Crippen molar-refractivity contribution in [3.05, 3.63) is 36.2 Å². The van der Waals surface area contributed by atoms with Crippen LogP contribution in [-0.4, -0.2) is 16.8 Å². The van der Waals surface area contributed by atoms with Gasteiger partial charge in [0.15, 0.2) is 0 Å². The van der Waals surface area contributed by atoms with Gasteiger partial charge in [0.25, 0.3) is 0 Å². The Morgan fingerprint density at radius 1 is 1.32 bits per heavy atom. The number of nitrogens with one attached hydrogen (secondary N) is 1. The van der Waals surface area contributed by atoms with E-state index in [0.29, 0.717) is 18.5 Å². The Bertz CT molecular complexity index is 681. The molecule has 19 heavy (non-hydrogen) atoms. The van der Waals surface area contributed by atoms with Crippen LogP contribution < -0.4 is 11.1 Å². The van der Waals surface area contributed by atoms with Crippen LogP contribution in [0.5, 0.6) is 0 Å². The lowest BCUT2D eigenvalue weighted by atomic mass is 9.89. The van der Waals surface area contributed by atoms with Crippen molar-refractivity contribution in [2.75, 3.05) is 5.73 Å². The second-order valence-corrected chi connectivity index (χ2v) is 4.71. The fourth-order valence-electron chi connectivity index (χ4n) is 2.46. The second kappa shape index (κ2) is 4.35. The van der Waals surface area contributed by atoms with Gasteiger partial charge in [-0.25, -0.2) is 0 Å². The van der Waals surface area contributed by atoms with Gasteiger partial charge in [-0.3, -0.25) is 19.9 Å². The van der Waals surface area contributed by atoms with Crippen molar-refractivity contribution < 1.29 is 9.59 Å². The van der Waals surface area contributed by atoms with Gasteiger partial charge >= 0.3 is 0 Å². The molecule has 5 nitrogen and oxygen atoms in total. The number of nitrogen functional groups attached to an aromatic ring is 1. The van der Waals surface area contributed by atoms with E-state index in [1.54, 1.807) is 18.5 Å². The molecule has 5 heteroatoms. The Balaban J connectivity index is 2.06. The molecule has 0 aliphatic carbocycles. The summed E-state index contributed by atoms with van der Waals surface area (Å²) in [6, 6.07) is 5.60. The van der Waals surface area contributed by atoms with Crippen LogP contribution in [0.2, 0.25) is 0 Å². The highest BCUT2D eigenvalue weighted by atomic mass is 16.2. The van der Waals surface area contributed by atoms with Crippen molar-refractivity contribution in [3.63, 3.8) is 0 Å². The third kappa shape index (κ3) is 2.03. The van der Waals surface area contributed by atoms with Crippen LogP contribution in [0.3, 0.4) is 0 Å². The molecule has 2 aromatic rings. The molecule has 1 saturated heterocycles. The predicted octanol–water partition coefficient (Wildman–Crippen LogP) is 1.34. The number of carbonyl (C=O) groups is 2. The lowest BCUT2D eigenvalue weighted by molar-refractivity contribution is -0.134. The number of carbonyl (C=O) groups excluding carboxylic acids is 2. The smallest absolute Gasteiger partial charge is 0.234 e. The van der Waals surface area contributed by atoms with Crippen LogP contribution in [0.4, 0.5) is 5.69 Å². The summed E-state index contributed by atoms with van der Waals surface area (Å²) in [5.74, 6) is -0.763. The highest BCUT2D eigenvalue weighted by Crippen LogP contribution is 2.30. The van der Waals surface area contributed by atoms with Gasteiger partial charge in [0.1, 0.15) is 0 Å². The van der Waals surface area contributed by atoms with Crippen molar-refractivity contribution in [1.82, 2.24) is 10.3 Å². The van der Waals surface area contributed by atoms with E-state index in [0.717, 1.165) is 16.3 Å². The maximum absolute atomic E-state index is 11.9. The van der Waals surface area contributed by atoms with Crippen LogP contribution in [-0.2, 0) is 9.59 Å². The molecule has 1 aromatic carbocycles. The van der Waals surface area contributed by atoms with Crippen LogP contribution >= 0.6 is 0 Å². The molecule has 1 aliphatic heterocycles. The van der Waals surface area contributed by atoms with E-state index in [2.05, 4.69) is 10.3 Å². The molecule has 96 valence electrons. The van der Waals surface area contributed by atoms with Crippen molar-refractivity contribution in [2.24, 2.45) is 0 Å². The predicted molar refractivity (Wildman–Crippen MR) is 71.3 cm³/mol. The van der Waals surface area contributed by atoms with Gasteiger partial charge < -0.3 is 5.73 Å². The molecule has 1 aliphatic rings. The maximum atomic E-state index is 11.9. The van der Waals surface area contributed by atoms with E-state index in [4.69, 9.17) is 5.73 Å². The third-order valence-electron chi connectivity index (χ3n) is 3.45. The number of hydrogen-bond acceptors (Lipinski definition) is 4. The van der Waals surface area contributed by atoms with Crippen LogP contribution in [0.1, 0.15) is 24.3 Å². The fraction of sp³-hybridized carbons (Fsp3) is 0.214. The summed E-state index contributed by atoms with van der Waals surface area (Å²) in [5.41, 5.74) is 7.45. The fourth-order valence-corrected chi connectivity index (χ4v) is 2.46. The van der Waals surface area contributed by atoms with Gasteiger partial charge in [0.2, 0.25) is 11.8 Å². The molecule has 1 fully saturated rings. The van der Waals surface area contributed by atoms with Gasteiger partial charge in [0, 0.05) is 29.9 Å². The van der Waals surface area contributed by atoms with Crippen LogP contribution in [0.25, 0.3) is 10.8 Å². The molecule has 0 saturated carbocycles. The molecule has 2 heterocycles. The summed E-state index contributed by atoms with van der Waals surface area (Å²) in [6.07, 6.45) is 4.29. The van der Waals surface area contributed by atoms with E-state index in [9.17, 15) is 9.59 Å². The van der Waals surface area contributed by atoms with E-state index in [-0.39, 0.29) is 17.7 Å². The number of fused-ring (bicyclic) bond motifs is 1. The molecule has 3 N–H and O–H groups in total. The zero-order valence-electron chi connectivity index (χ0n) is 10.2. The SMILES string of the molecule is Nc1cc(C2CCC(=O)NC2=O)cc2ccncc12. The summed E-state index contributed by atoms with van der Waals surface area (Å²) in [5, 5.41) is 4.19. The Morgan fingerprint density at radius 2 is 2.16 bits per heavy atom. The largest absolute Gasteiger partial charge is 0.398 e. The first kappa shape index (κ1) is 11.6. The summed E-state index contributed by atoms with van der Waals surface area (Å²) < 4.78 is 0. The second-order valence-electron chi connectivity index (χ2n) is 4.71. The third-order valence-corrected chi connectivity index (χ3v) is 3.45. The van der Waals surface area contributed by atoms with Crippen molar-refractivity contribution in [3.8, 4) is 0 Å². The van der Waals surface area contributed by atoms with Gasteiger partial charge in [0.05, 0.1) is 5.92 Å². The quantitative estimate of drug-likeness (QED) is 0.594. The normalized spacial score (nSPS) is 19.5. The van der Waals surface area contributed by atoms with Gasteiger partial charge in [-0.15, -0.1) is 0 Å². The molecule has 2 amide bonds. The van der Waals surface area contributed by atoms with Crippen molar-refractivity contribution in [2.45, 2.75) is 18.8 Å². The summed E-state index contributed by atoms with van der Waals surface area (Å²) in [7, 11) is 0. The van der Waals surface area contributed by atoms with E-state index in [1.807, 2.05) is 12.1 Å². The monoisotopic (exact) mass is 255 g/mol. The number of benzene rings is 1. The molecule has 0 radical (unpaired) electrons.